The van der Waals surface area contributed by atoms with E-state index in [1.807, 2.05) is 13.0 Å². The first-order valence-electron chi connectivity index (χ1n) is 12.0. The first kappa shape index (κ1) is 22.3. The van der Waals surface area contributed by atoms with Gasteiger partial charge in [-0.15, -0.1) is 0 Å². The number of fused-ring (bicyclic) bond motifs is 1. The van der Waals surface area contributed by atoms with Gasteiger partial charge in [0.05, 0.1) is 13.2 Å². The third-order valence-electron chi connectivity index (χ3n) is 6.84. The van der Waals surface area contributed by atoms with Crippen molar-refractivity contribution < 1.29 is 9.47 Å². The second-order valence-corrected chi connectivity index (χ2v) is 9.14. The van der Waals surface area contributed by atoms with Crippen LogP contribution in [-0.2, 0) is 24.1 Å². The normalized spacial score (nSPS) is 19.6. The lowest BCUT2D eigenvalue weighted by molar-refractivity contribution is 0.0843. The highest BCUT2D eigenvalue weighted by atomic mass is 16.5. The van der Waals surface area contributed by atoms with E-state index in [2.05, 4.69) is 52.3 Å². The van der Waals surface area contributed by atoms with Crippen LogP contribution in [0.3, 0.4) is 0 Å². The molecule has 1 heterocycles. The van der Waals surface area contributed by atoms with E-state index in [9.17, 15) is 0 Å². The van der Waals surface area contributed by atoms with Crippen molar-refractivity contribution in [1.82, 2.24) is 9.80 Å². The number of likely N-dealkylation sites (tertiary alicyclic amines) is 1. The third-order valence-corrected chi connectivity index (χ3v) is 6.84. The molecule has 0 unspecified atom stereocenters. The molecule has 0 bridgehead atoms. The summed E-state index contributed by atoms with van der Waals surface area (Å²) in [6, 6.07) is 18.3. The third kappa shape index (κ3) is 6.09. The highest BCUT2D eigenvalue weighted by Crippen LogP contribution is 2.29. The van der Waals surface area contributed by atoms with Gasteiger partial charge in [-0.25, -0.2) is 0 Å². The SMILES string of the molecule is CCOc1cccc(CN(CCOC)C[C@@H]2CCCN(C3Cc4ccccc4C3)C2)c1. The van der Waals surface area contributed by atoms with Crippen molar-refractivity contribution in [1.29, 1.82) is 0 Å². The second-order valence-electron chi connectivity index (χ2n) is 9.14. The molecule has 1 fully saturated rings. The largest absolute Gasteiger partial charge is 0.494 e. The number of hydrogen-bond acceptors (Lipinski definition) is 4. The molecule has 0 spiro atoms. The van der Waals surface area contributed by atoms with Crippen LogP contribution in [0.4, 0.5) is 0 Å². The average molecular weight is 423 g/mol. The van der Waals surface area contributed by atoms with Gasteiger partial charge in [0, 0.05) is 39.3 Å². The second kappa shape index (κ2) is 11.1. The summed E-state index contributed by atoms with van der Waals surface area (Å²) < 4.78 is 11.1. The summed E-state index contributed by atoms with van der Waals surface area (Å²) in [6.45, 7) is 9.06. The molecule has 4 rings (SSSR count). The Morgan fingerprint density at radius 1 is 1.06 bits per heavy atom. The number of hydrogen-bond donors (Lipinski definition) is 0. The summed E-state index contributed by atoms with van der Waals surface area (Å²) >= 11 is 0. The predicted octanol–water partition coefficient (Wildman–Crippen LogP) is 4.41. The van der Waals surface area contributed by atoms with Crippen molar-refractivity contribution in [2.75, 3.05) is 46.5 Å². The molecule has 1 aliphatic heterocycles. The Labute approximate surface area is 188 Å². The number of nitrogens with zero attached hydrogens (tertiary/aromatic N) is 2. The van der Waals surface area contributed by atoms with Crippen LogP contribution in [0.15, 0.2) is 48.5 Å². The van der Waals surface area contributed by atoms with Crippen LogP contribution in [0.25, 0.3) is 0 Å². The summed E-state index contributed by atoms with van der Waals surface area (Å²) in [4.78, 5) is 5.35. The lowest BCUT2D eigenvalue weighted by Gasteiger charge is -2.38. The molecule has 0 saturated carbocycles. The van der Waals surface area contributed by atoms with Gasteiger partial charge in [0.25, 0.3) is 0 Å². The van der Waals surface area contributed by atoms with E-state index in [-0.39, 0.29) is 0 Å². The van der Waals surface area contributed by atoms with Crippen molar-refractivity contribution in [3.63, 3.8) is 0 Å². The smallest absolute Gasteiger partial charge is 0.119 e. The molecule has 1 atom stereocenters. The van der Waals surface area contributed by atoms with Crippen LogP contribution in [0.5, 0.6) is 5.75 Å². The highest BCUT2D eigenvalue weighted by Gasteiger charge is 2.31. The van der Waals surface area contributed by atoms with Crippen molar-refractivity contribution >= 4 is 0 Å². The van der Waals surface area contributed by atoms with Gasteiger partial charge in [-0.2, -0.15) is 0 Å². The Balaban J connectivity index is 1.36. The van der Waals surface area contributed by atoms with E-state index in [1.165, 1.54) is 44.3 Å². The van der Waals surface area contributed by atoms with E-state index in [1.54, 1.807) is 18.2 Å². The van der Waals surface area contributed by atoms with Crippen molar-refractivity contribution in [2.24, 2.45) is 5.92 Å². The van der Waals surface area contributed by atoms with Crippen LogP contribution < -0.4 is 4.74 Å². The number of rotatable bonds is 10. The van der Waals surface area contributed by atoms with Gasteiger partial charge in [-0.05, 0) is 73.9 Å². The van der Waals surface area contributed by atoms with E-state index in [0.29, 0.717) is 12.6 Å². The average Bonchev–Trinajstić information content (AvgIpc) is 3.23. The molecule has 0 amide bonds. The molecule has 1 saturated heterocycles. The Hall–Kier alpha value is -1.88. The fourth-order valence-electron chi connectivity index (χ4n) is 5.35. The Kier molecular flexibility index (Phi) is 8.01. The first-order valence-corrected chi connectivity index (χ1v) is 12.0. The minimum Gasteiger partial charge on any atom is -0.494 e. The molecule has 2 aliphatic rings. The van der Waals surface area contributed by atoms with Gasteiger partial charge in [-0.1, -0.05) is 36.4 Å². The molecule has 0 radical (unpaired) electrons. The number of piperidine rings is 1. The zero-order valence-corrected chi connectivity index (χ0v) is 19.3. The number of benzene rings is 2. The van der Waals surface area contributed by atoms with Crippen LogP contribution in [-0.4, -0.2) is 62.3 Å². The van der Waals surface area contributed by atoms with Gasteiger partial charge in [0.1, 0.15) is 5.75 Å². The Morgan fingerprint density at radius 3 is 2.61 bits per heavy atom. The zero-order valence-electron chi connectivity index (χ0n) is 19.3. The van der Waals surface area contributed by atoms with Gasteiger partial charge in [0.2, 0.25) is 0 Å². The minimum atomic E-state index is 0.690. The lowest BCUT2D eigenvalue weighted by Crippen LogP contribution is -2.46. The monoisotopic (exact) mass is 422 g/mol. The first-order chi connectivity index (χ1) is 15.2. The molecular weight excluding hydrogens is 384 g/mol. The summed E-state index contributed by atoms with van der Waals surface area (Å²) in [7, 11) is 1.80. The standard InChI is InChI=1S/C27H38N2O2/c1-3-31-27-12-6-8-22(16-27)19-28(14-15-30-2)20-23-9-7-13-29(21-23)26-17-24-10-4-5-11-25(24)18-26/h4-6,8,10-12,16,23,26H,3,7,9,13-15,17-21H2,1-2H3/t23-/m0/s1. The molecular formula is C27H38N2O2. The van der Waals surface area contributed by atoms with E-state index >= 15 is 0 Å². The number of ether oxygens (including phenoxy) is 2. The van der Waals surface area contributed by atoms with Gasteiger partial charge in [-0.3, -0.25) is 9.80 Å². The van der Waals surface area contributed by atoms with Gasteiger partial charge in [0.15, 0.2) is 0 Å². The number of methoxy groups -OCH3 is 1. The fraction of sp³-hybridized carbons (Fsp3) is 0.556. The van der Waals surface area contributed by atoms with Gasteiger partial charge < -0.3 is 9.47 Å². The lowest BCUT2D eigenvalue weighted by atomic mass is 9.95. The van der Waals surface area contributed by atoms with Crippen molar-refractivity contribution in [2.45, 2.75) is 45.2 Å². The Bertz CT molecular complexity index is 799. The van der Waals surface area contributed by atoms with Crippen LogP contribution >= 0.6 is 0 Å². The molecule has 2 aromatic carbocycles. The molecule has 1 aliphatic carbocycles. The van der Waals surface area contributed by atoms with Crippen molar-refractivity contribution in [3.8, 4) is 5.75 Å². The maximum absolute atomic E-state index is 5.71. The highest BCUT2D eigenvalue weighted by molar-refractivity contribution is 5.33. The van der Waals surface area contributed by atoms with E-state index < -0.39 is 0 Å². The summed E-state index contributed by atoms with van der Waals surface area (Å²) in [5.41, 5.74) is 4.44. The summed E-state index contributed by atoms with van der Waals surface area (Å²) in [5, 5.41) is 0. The van der Waals surface area contributed by atoms with E-state index in [4.69, 9.17) is 9.47 Å². The molecule has 168 valence electrons. The van der Waals surface area contributed by atoms with Crippen LogP contribution in [0, 0.1) is 5.92 Å². The summed E-state index contributed by atoms with van der Waals surface area (Å²) in [6.07, 6.45) is 5.09. The maximum atomic E-state index is 5.71. The van der Waals surface area contributed by atoms with Crippen molar-refractivity contribution in [3.05, 3.63) is 65.2 Å². The zero-order chi connectivity index (χ0) is 21.5. The molecule has 4 nitrogen and oxygen atoms in total. The van der Waals surface area contributed by atoms with Crippen LogP contribution in [0.2, 0.25) is 0 Å². The predicted molar refractivity (Wildman–Crippen MR) is 127 cm³/mol. The maximum Gasteiger partial charge on any atom is 0.119 e. The van der Waals surface area contributed by atoms with Crippen LogP contribution in [0.1, 0.15) is 36.5 Å². The summed E-state index contributed by atoms with van der Waals surface area (Å²) in [5.74, 6) is 1.70. The molecule has 0 N–H and O–H groups in total. The minimum absolute atomic E-state index is 0.690. The topological polar surface area (TPSA) is 24.9 Å². The quantitative estimate of drug-likeness (QED) is 0.566. The molecule has 31 heavy (non-hydrogen) atoms. The van der Waals surface area contributed by atoms with Gasteiger partial charge >= 0.3 is 0 Å². The molecule has 2 aromatic rings. The van der Waals surface area contributed by atoms with E-state index in [0.717, 1.165) is 37.9 Å². The fourth-order valence-corrected chi connectivity index (χ4v) is 5.35. The molecule has 4 heteroatoms. The molecule has 0 aromatic heterocycles. The Morgan fingerprint density at radius 2 is 1.87 bits per heavy atom.